The summed E-state index contributed by atoms with van der Waals surface area (Å²) in [5.74, 6) is 4.95. The van der Waals surface area contributed by atoms with Crippen molar-refractivity contribution >= 4 is 5.78 Å². The number of ketones is 1. The Kier molecular flexibility index (Phi) is 12.5. The van der Waals surface area contributed by atoms with Crippen molar-refractivity contribution in [1.29, 1.82) is 0 Å². The van der Waals surface area contributed by atoms with E-state index < -0.39 is 0 Å². The smallest absolute Gasteiger partial charge is 0.219 e. The van der Waals surface area contributed by atoms with E-state index in [-0.39, 0.29) is 5.78 Å². The van der Waals surface area contributed by atoms with Crippen molar-refractivity contribution in [2.24, 2.45) is 0 Å². The van der Waals surface area contributed by atoms with E-state index in [1.807, 2.05) is 0 Å². The monoisotopic (exact) mass is 241 g/mol. The lowest BCUT2D eigenvalue weighted by Crippen LogP contribution is -2.25. The summed E-state index contributed by atoms with van der Waals surface area (Å²) in [7, 11) is 0. The van der Waals surface area contributed by atoms with Gasteiger partial charge in [0.15, 0.2) is 0 Å². The molecule has 0 aromatic carbocycles. The molecule has 0 bridgehead atoms. The minimum atomic E-state index is -0.0829. The molecule has 0 amide bonds. The van der Waals surface area contributed by atoms with Crippen LogP contribution in [-0.4, -0.2) is 45.3 Å². The Bertz CT molecular complexity index is 243. The second kappa shape index (κ2) is 13.2. The molecule has 0 aliphatic heterocycles. The zero-order valence-electron chi connectivity index (χ0n) is 10.9. The van der Waals surface area contributed by atoms with E-state index in [2.05, 4.69) is 24.1 Å². The molecule has 0 heterocycles. The SMILES string of the molecule is CC#CC(=O)CNCCOCCCOCCC. The Morgan fingerprint density at radius 3 is 2.53 bits per heavy atom. The highest BCUT2D eigenvalue weighted by Gasteiger charge is 1.95. The van der Waals surface area contributed by atoms with Gasteiger partial charge in [-0.1, -0.05) is 12.8 Å². The summed E-state index contributed by atoms with van der Waals surface area (Å²) in [4.78, 5) is 11.0. The molecular formula is C13H23NO3. The molecule has 0 spiro atoms. The van der Waals surface area contributed by atoms with Crippen molar-refractivity contribution in [2.75, 3.05) is 39.5 Å². The highest BCUT2D eigenvalue weighted by molar-refractivity contribution is 5.96. The Balaban J connectivity index is 3.07. The van der Waals surface area contributed by atoms with Crippen LogP contribution in [0.5, 0.6) is 0 Å². The lowest BCUT2D eigenvalue weighted by atomic mass is 10.4. The summed E-state index contributed by atoms with van der Waals surface area (Å²) in [6.07, 6.45) is 1.97. The van der Waals surface area contributed by atoms with Crippen molar-refractivity contribution in [3.8, 4) is 11.8 Å². The summed E-state index contributed by atoms with van der Waals surface area (Å²) < 4.78 is 10.7. The number of Topliss-reactive ketones (excluding diaryl/α,β-unsaturated/α-hetero) is 1. The minimum Gasteiger partial charge on any atom is -0.381 e. The molecule has 0 aliphatic carbocycles. The molecule has 0 saturated heterocycles. The molecule has 4 nitrogen and oxygen atoms in total. The molecule has 0 aliphatic rings. The molecule has 17 heavy (non-hydrogen) atoms. The number of rotatable bonds is 11. The lowest BCUT2D eigenvalue weighted by molar-refractivity contribution is -0.113. The summed E-state index contributed by atoms with van der Waals surface area (Å²) in [6.45, 7) is 7.60. The third kappa shape index (κ3) is 13.0. The van der Waals surface area contributed by atoms with E-state index >= 15 is 0 Å². The fourth-order valence-electron chi connectivity index (χ4n) is 1.14. The van der Waals surface area contributed by atoms with Gasteiger partial charge in [-0.3, -0.25) is 4.79 Å². The zero-order chi connectivity index (χ0) is 12.8. The number of nitrogens with one attached hydrogen (secondary N) is 1. The van der Waals surface area contributed by atoms with Crippen LogP contribution >= 0.6 is 0 Å². The number of hydrogen-bond donors (Lipinski definition) is 1. The van der Waals surface area contributed by atoms with Crippen LogP contribution in [0, 0.1) is 11.8 Å². The van der Waals surface area contributed by atoms with Gasteiger partial charge in [-0.25, -0.2) is 0 Å². The normalized spacial score (nSPS) is 9.76. The molecular weight excluding hydrogens is 218 g/mol. The van der Waals surface area contributed by atoms with Crippen molar-refractivity contribution in [3.63, 3.8) is 0 Å². The predicted octanol–water partition coefficient (Wildman–Crippen LogP) is 1.00. The predicted molar refractivity (Wildman–Crippen MR) is 67.9 cm³/mol. The van der Waals surface area contributed by atoms with Crippen LogP contribution in [0.1, 0.15) is 26.7 Å². The number of carbonyl (C=O) groups is 1. The maximum absolute atomic E-state index is 11.0. The highest BCUT2D eigenvalue weighted by Crippen LogP contribution is 1.86. The summed E-state index contributed by atoms with van der Waals surface area (Å²) in [5.41, 5.74) is 0. The van der Waals surface area contributed by atoms with Crippen LogP contribution in [0.4, 0.5) is 0 Å². The first-order chi connectivity index (χ1) is 8.31. The Morgan fingerprint density at radius 1 is 1.18 bits per heavy atom. The zero-order valence-corrected chi connectivity index (χ0v) is 10.9. The maximum atomic E-state index is 11.0. The second-order valence-electron chi connectivity index (χ2n) is 3.55. The summed E-state index contributed by atoms with van der Waals surface area (Å²) in [5, 5.41) is 2.97. The van der Waals surface area contributed by atoms with Gasteiger partial charge < -0.3 is 14.8 Å². The van der Waals surface area contributed by atoms with Gasteiger partial charge in [-0.05, 0) is 25.7 Å². The molecule has 0 radical (unpaired) electrons. The largest absolute Gasteiger partial charge is 0.381 e. The standard InChI is InChI=1S/C13H23NO3/c1-3-6-13(15)12-14-7-11-17-10-5-9-16-8-4-2/h14H,4-5,7-12H2,1-2H3. The average Bonchev–Trinajstić information content (AvgIpc) is 2.32. The Morgan fingerprint density at radius 2 is 1.88 bits per heavy atom. The van der Waals surface area contributed by atoms with E-state index in [1.165, 1.54) is 0 Å². The van der Waals surface area contributed by atoms with Gasteiger partial charge in [0, 0.05) is 26.4 Å². The third-order valence-corrected chi connectivity index (χ3v) is 1.90. The van der Waals surface area contributed by atoms with E-state index in [0.717, 1.165) is 26.1 Å². The second-order valence-corrected chi connectivity index (χ2v) is 3.55. The Labute approximate surface area is 104 Å². The van der Waals surface area contributed by atoms with Gasteiger partial charge in [-0.2, -0.15) is 0 Å². The molecule has 0 fully saturated rings. The fourth-order valence-corrected chi connectivity index (χ4v) is 1.14. The topological polar surface area (TPSA) is 47.6 Å². The van der Waals surface area contributed by atoms with Crippen molar-refractivity contribution in [3.05, 3.63) is 0 Å². The van der Waals surface area contributed by atoms with Gasteiger partial charge in [0.25, 0.3) is 0 Å². The molecule has 98 valence electrons. The first kappa shape index (κ1) is 16.1. The first-order valence-electron chi connectivity index (χ1n) is 6.13. The number of ether oxygens (including phenoxy) is 2. The molecule has 0 aromatic rings. The summed E-state index contributed by atoms with van der Waals surface area (Å²) >= 11 is 0. The van der Waals surface area contributed by atoms with Crippen LogP contribution in [-0.2, 0) is 14.3 Å². The van der Waals surface area contributed by atoms with Gasteiger partial charge >= 0.3 is 0 Å². The van der Waals surface area contributed by atoms with E-state index in [1.54, 1.807) is 6.92 Å². The Hall–Kier alpha value is -0.890. The van der Waals surface area contributed by atoms with Crippen LogP contribution in [0.2, 0.25) is 0 Å². The van der Waals surface area contributed by atoms with Crippen molar-refractivity contribution < 1.29 is 14.3 Å². The summed E-state index contributed by atoms with van der Waals surface area (Å²) in [6, 6.07) is 0. The van der Waals surface area contributed by atoms with Gasteiger partial charge in [0.2, 0.25) is 5.78 Å². The van der Waals surface area contributed by atoms with Crippen molar-refractivity contribution in [1.82, 2.24) is 5.32 Å². The molecule has 0 rings (SSSR count). The number of carbonyl (C=O) groups excluding carboxylic acids is 1. The van der Waals surface area contributed by atoms with Gasteiger partial charge in [0.1, 0.15) is 0 Å². The van der Waals surface area contributed by atoms with E-state index in [9.17, 15) is 4.79 Å². The third-order valence-electron chi connectivity index (χ3n) is 1.90. The van der Waals surface area contributed by atoms with Crippen LogP contribution < -0.4 is 5.32 Å². The number of hydrogen-bond acceptors (Lipinski definition) is 4. The van der Waals surface area contributed by atoms with Crippen LogP contribution in [0.15, 0.2) is 0 Å². The van der Waals surface area contributed by atoms with E-state index in [4.69, 9.17) is 9.47 Å². The molecule has 1 N–H and O–H groups in total. The van der Waals surface area contributed by atoms with E-state index in [0.29, 0.717) is 26.3 Å². The first-order valence-corrected chi connectivity index (χ1v) is 6.13. The van der Waals surface area contributed by atoms with Crippen LogP contribution in [0.25, 0.3) is 0 Å². The molecule has 0 aromatic heterocycles. The highest BCUT2D eigenvalue weighted by atomic mass is 16.5. The quantitative estimate of drug-likeness (QED) is 0.333. The average molecular weight is 241 g/mol. The van der Waals surface area contributed by atoms with Crippen LogP contribution in [0.3, 0.4) is 0 Å². The maximum Gasteiger partial charge on any atom is 0.219 e. The molecule has 0 atom stereocenters. The fraction of sp³-hybridized carbons (Fsp3) is 0.769. The molecule has 0 unspecified atom stereocenters. The minimum absolute atomic E-state index is 0.0829. The van der Waals surface area contributed by atoms with Gasteiger partial charge in [0.05, 0.1) is 13.2 Å². The molecule has 4 heteroatoms. The van der Waals surface area contributed by atoms with Crippen molar-refractivity contribution in [2.45, 2.75) is 26.7 Å². The van der Waals surface area contributed by atoms with Gasteiger partial charge in [-0.15, -0.1) is 0 Å². The molecule has 0 saturated carbocycles. The lowest BCUT2D eigenvalue weighted by Gasteiger charge is -2.05.